The Balaban J connectivity index is 2.09. The van der Waals surface area contributed by atoms with Crippen LogP contribution in [0.1, 0.15) is 17.0 Å². The lowest BCUT2D eigenvalue weighted by atomic mass is 9.97. The van der Waals surface area contributed by atoms with Gasteiger partial charge in [0.2, 0.25) is 0 Å². The number of oxime groups is 1. The second-order valence-electron chi connectivity index (χ2n) is 5.05. The van der Waals surface area contributed by atoms with E-state index in [0.29, 0.717) is 6.54 Å². The van der Waals surface area contributed by atoms with E-state index in [1.54, 1.807) is 6.20 Å². The fourth-order valence-corrected chi connectivity index (χ4v) is 2.30. The van der Waals surface area contributed by atoms with E-state index in [4.69, 9.17) is 10.9 Å². The minimum Gasteiger partial charge on any atom is -0.409 e. The average Bonchev–Trinajstić information content (AvgIpc) is 2.53. The number of amidine groups is 1. The fourth-order valence-electron chi connectivity index (χ4n) is 2.30. The second-order valence-corrected chi connectivity index (χ2v) is 5.05. The van der Waals surface area contributed by atoms with Crippen molar-refractivity contribution in [3.8, 4) is 0 Å². The Hall–Kier alpha value is -2.40. The van der Waals surface area contributed by atoms with Crippen LogP contribution < -0.4 is 5.73 Å². The molecular formula is C16H20N4O. The number of hydrogen-bond donors (Lipinski definition) is 2. The number of nitrogens with zero attached hydrogens (tertiary/aromatic N) is 3. The molecule has 5 heteroatoms. The van der Waals surface area contributed by atoms with Gasteiger partial charge in [0, 0.05) is 25.5 Å². The van der Waals surface area contributed by atoms with Gasteiger partial charge in [-0.1, -0.05) is 41.6 Å². The van der Waals surface area contributed by atoms with E-state index in [1.807, 2.05) is 55.7 Å². The van der Waals surface area contributed by atoms with E-state index in [0.717, 1.165) is 17.7 Å². The van der Waals surface area contributed by atoms with Gasteiger partial charge >= 0.3 is 0 Å². The van der Waals surface area contributed by atoms with Gasteiger partial charge in [-0.25, -0.2) is 0 Å². The number of nitrogens with two attached hydrogens (primary N) is 1. The first kappa shape index (κ1) is 15.0. The lowest BCUT2D eigenvalue weighted by molar-refractivity contribution is 0.302. The Kier molecular flexibility index (Phi) is 5.29. The molecule has 0 aliphatic heterocycles. The molecular weight excluding hydrogens is 264 g/mol. The van der Waals surface area contributed by atoms with E-state index < -0.39 is 0 Å². The van der Waals surface area contributed by atoms with E-state index in [9.17, 15) is 0 Å². The SMILES string of the molecule is CN(Cc1cccnc1)CC(C(N)=NO)c1ccccc1. The maximum absolute atomic E-state index is 9.00. The van der Waals surface area contributed by atoms with Gasteiger partial charge in [0.15, 0.2) is 0 Å². The van der Waals surface area contributed by atoms with Crippen molar-refractivity contribution in [1.29, 1.82) is 0 Å². The summed E-state index contributed by atoms with van der Waals surface area (Å²) in [5.41, 5.74) is 8.02. The van der Waals surface area contributed by atoms with Crippen molar-refractivity contribution in [2.45, 2.75) is 12.5 Å². The van der Waals surface area contributed by atoms with Gasteiger partial charge in [0.25, 0.3) is 0 Å². The Labute approximate surface area is 124 Å². The highest BCUT2D eigenvalue weighted by molar-refractivity contribution is 5.87. The number of aromatic nitrogens is 1. The van der Waals surface area contributed by atoms with Crippen LogP contribution in [0.25, 0.3) is 0 Å². The monoisotopic (exact) mass is 284 g/mol. The van der Waals surface area contributed by atoms with Crippen LogP contribution in [-0.2, 0) is 6.54 Å². The summed E-state index contributed by atoms with van der Waals surface area (Å²) in [5.74, 6) is 0.0807. The molecule has 2 rings (SSSR count). The predicted molar refractivity (Wildman–Crippen MR) is 83.2 cm³/mol. The molecule has 1 aromatic carbocycles. The quantitative estimate of drug-likeness (QED) is 0.368. The van der Waals surface area contributed by atoms with Crippen molar-refractivity contribution >= 4 is 5.84 Å². The van der Waals surface area contributed by atoms with Crippen molar-refractivity contribution in [3.05, 3.63) is 66.0 Å². The Bertz CT molecular complexity index is 571. The third kappa shape index (κ3) is 4.29. The van der Waals surface area contributed by atoms with Crippen molar-refractivity contribution in [2.75, 3.05) is 13.6 Å². The first-order valence-corrected chi connectivity index (χ1v) is 6.80. The summed E-state index contributed by atoms with van der Waals surface area (Å²) in [6.07, 6.45) is 3.60. The zero-order valence-electron chi connectivity index (χ0n) is 12.1. The van der Waals surface area contributed by atoms with E-state index in [1.165, 1.54) is 0 Å². The molecule has 110 valence electrons. The first-order valence-electron chi connectivity index (χ1n) is 6.80. The average molecular weight is 284 g/mol. The molecule has 1 aromatic heterocycles. The van der Waals surface area contributed by atoms with E-state index in [2.05, 4.69) is 15.0 Å². The minimum atomic E-state index is -0.141. The molecule has 0 fully saturated rings. The molecule has 1 unspecified atom stereocenters. The maximum Gasteiger partial charge on any atom is 0.147 e. The first-order chi connectivity index (χ1) is 10.2. The summed E-state index contributed by atoms with van der Waals surface area (Å²) in [6.45, 7) is 1.42. The van der Waals surface area contributed by atoms with Gasteiger partial charge in [-0.2, -0.15) is 0 Å². The topological polar surface area (TPSA) is 74.7 Å². The van der Waals surface area contributed by atoms with Gasteiger partial charge in [-0.3, -0.25) is 4.98 Å². The number of likely N-dealkylation sites (N-methyl/N-ethyl adjacent to an activating group) is 1. The highest BCUT2D eigenvalue weighted by atomic mass is 16.4. The summed E-state index contributed by atoms with van der Waals surface area (Å²) < 4.78 is 0. The summed E-state index contributed by atoms with van der Waals surface area (Å²) >= 11 is 0. The van der Waals surface area contributed by atoms with Crippen molar-refractivity contribution < 1.29 is 5.21 Å². The summed E-state index contributed by atoms with van der Waals surface area (Å²) in [5, 5.41) is 12.2. The normalized spacial score (nSPS) is 13.3. The van der Waals surface area contributed by atoms with Gasteiger partial charge in [-0.05, 0) is 24.2 Å². The summed E-state index contributed by atoms with van der Waals surface area (Å²) in [7, 11) is 2.01. The Morgan fingerprint density at radius 3 is 2.67 bits per heavy atom. The molecule has 0 saturated carbocycles. The second kappa shape index (κ2) is 7.40. The van der Waals surface area contributed by atoms with Crippen LogP contribution in [0.3, 0.4) is 0 Å². The molecule has 0 aliphatic rings. The number of benzene rings is 1. The van der Waals surface area contributed by atoms with Gasteiger partial charge in [0.05, 0.1) is 5.92 Å². The predicted octanol–water partition coefficient (Wildman–Crippen LogP) is 2.04. The molecule has 0 aliphatic carbocycles. The minimum absolute atomic E-state index is 0.141. The smallest absolute Gasteiger partial charge is 0.147 e. The zero-order valence-corrected chi connectivity index (χ0v) is 12.1. The molecule has 21 heavy (non-hydrogen) atoms. The van der Waals surface area contributed by atoms with Crippen LogP contribution in [-0.4, -0.2) is 34.5 Å². The van der Waals surface area contributed by atoms with Crippen molar-refractivity contribution in [1.82, 2.24) is 9.88 Å². The van der Waals surface area contributed by atoms with Gasteiger partial charge in [0.1, 0.15) is 5.84 Å². The number of hydrogen-bond acceptors (Lipinski definition) is 4. The van der Waals surface area contributed by atoms with Crippen LogP contribution in [0, 0.1) is 0 Å². The van der Waals surface area contributed by atoms with Crippen molar-refractivity contribution in [3.63, 3.8) is 0 Å². The van der Waals surface area contributed by atoms with Gasteiger partial charge in [-0.15, -0.1) is 0 Å². The highest BCUT2D eigenvalue weighted by Gasteiger charge is 2.18. The summed E-state index contributed by atoms with van der Waals surface area (Å²) in [4.78, 5) is 6.24. The van der Waals surface area contributed by atoms with Gasteiger partial charge < -0.3 is 15.8 Å². The molecule has 0 bridgehead atoms. The highest BCUT2D eigenvalue weighted by Crippen LogP contribution is 2.17. The molecule has 0 amide bonds. The number of rotatable bonds is 6. The Morgan fingerprint density at radius 1 is 1.29 bits per heavy atom. The molecule has 1 heterocycles. The van der Waals surface area contributed by atoms with Crippen LogP contribution >= 0.6 is 0 Å². The standard InChI is InChI=1S/C16H20N4O/c1-20(11-13-6-5-9-18-10-13)12-15(16(17)19-21)14-7-3-2-4-8-14/h2-10,15,21H,11-12H2,1H3,(H2,17,19). The maximum atomic E-state index is 9.00. The van der Waals surface area contributed by atoms with E-state index >= 15 is 0 Å². The zero-order chi connectivity index (χ0) is 15.1. The third-order valence-corrected chi connectivity index (χ3v) is 3.34. The van der Waals surface area contributed by atoms with Crippen LogP contribution in [0.4, 0.5) is 0 Å². The van der Waals surface area contributed by atoms with Crippen LogP contribution in [0.15, 0.2) is 60.0 Å². The van der Waals surface area contributed by atoms with Crippen molar-refractivity contribution in [2.24, 2.45) is 10.9 Å². The summed E-state index contributed by atoms with van der Waals surface area (Å²) in [6, 6.07) is 13.8. The van der Waals surface area contributed by atoms with Crippen LogP contribution in [0.5, 0.6) is 0 Å². The molecule has 5 nitrogen and oxygen atoms in total. The Morgan fingerprint density at radius 2 is 2.05 bits per heavy atom. The molecule has 0 saturated heterocycles. The number of pyridine rings is 1. The molecule has 0 spiro atoms. The largest absolute Gasteiger partial charge is 0.409 e. The lowest BCUT2D eigenvalue weighted by Crippen LogP contribution is -2.32. The van der Waals surface area contributed by atoms with Crippen LogP contribution in [0.2, 0.25) is 0 Å². The molecule has 0 radical (unpaired) electrons. The molecule has 3 N–H and O–H groups in total. The molecule has 1 atom stereocenters. The third-order valence-electron chi connectivity index (χ3n) is 3.34. The van der Waals surface area contributed by atoms with E-state index in [-0.39, 0.29) is 11.8 Å². The fraction of sp³-hybridized carbons (Fsp3) is 0.250. The lowest BCUT2D eigenvalue weighted by Gasteiger charge is -2.23. The molecule has 2 aromatic rings.